The Labute approximate surface area is 169 Å². The second kappa shape index (κ2) is 8.48. The molecule has 3 aromatic rings. The van der Waals surface area contributed by atoms with Gasteiger partial charge in [-0.3, -0.25) is 4.79 Å². The normalized spacial score (nSPS) is 12.2. The average Bonchev–Trinajstić information content (AvgIpc) is 2.99. The third kappa shape index (κ3) is 4.62. The summed E-state index contributed by atoms with van der Waals surface area (Å²) in [6, 6.07) is 10.8. The summed E-state index contributed by atoms with van der Waals surface area (Å²) in [5, 5.41) is 3.44. The monoisotopic (exact) mass is 426 g/mol. The van der Waals surface area contributed by atoms with Crippen LogP contribution in [-0.2, 0) is 4.79 Å². The van der Waals surface area contributed by atoms with E-state index in [1.54, 1.807) is 18.2 Å². The minimum Gasteiger partial charge on any atom is -0.494 e. The van der Waals surface area contributed by atoms with Gasteiger partial charge in [-0.05, 0) is 50.2 Å². The topological polar surface area (TPSA) is 51.2 Å². The number of hydrogen-bond donors (Lipinski definition) is 1. The zero-order chi connectivity index (χ0) is 18.7. The first-order valence-corrected chi connectivity index (χ1v) is 10.4. The molecular weight excluding hydrogens is 411 g/mol. The molecule has 0 aliphatic carbocycles. The lowest BCUT2D eigenvalue weighted by Gasteiger charge is -2.11. The number of nitrogens with zero attached hydrogens (tertiary/aromatic N) is 1. The number of aromatic nitrogens is 1. The van der Waals surface area contributed by atoms with Gasteiger partial charge in [-0.1, -0.05) is 35.0 Å². The SMILES string of the molecule is CCOc1ccc2nc(S[C@@H](C)C(=O)Nc3cc(Cl)ccc3Cl)sc2c1. The molecule has 0 saturated carbocycles. The zero-order valence-electron chi connectivity index (χ0n) is 14.1. The van der Waals surface area contributed by atoms with E-state index in [1.165, 1.54) is 23.1 Å². The minimum absolute atomic E-state index is 0.159. The number of ether oxygens (including phenoxy) is 1. The lowest BCUT2D eigenvalue weighted by Crippen LogP contribution is -2.22. The summed E-state index contributed by atoms with van der Waals surface area (Å²) in [6.45, 7) is 4.40. The molecule has 0 aliphatic rings. The van der Waals surface area contributed by atoms with Crippen LogP contribution >= 0.6 is 46.3 Å². The Kier molecular flexibility index (Phi) is 6.29. The molecule has 1 N–H and O–H groups in total. The van der Waals surface area contributed by atoms with E-state index < -0.39 is 0 Å². The maximum absolute atomic E-state index is 12.5. The Morgan fingerprint density at radius 3 is 2.88 bits per heavy atom. The predicted molar refractivity (Wildman–Crippen MR) is 111 cm³/mol. The number of amides is 1. The summed E-state index contributed by atoms with van der Waals surface area (Å²) in [5.41, 5.74) is 1.40. The fourth-order valence-electron chi connectivity index (χ4n) is 2.22. The summed E-state index contributed by atoms with van der Waals surface area (Å²) >= 11 is 15.0. The van der Waals surface area contributed by atoms with Crippen molar-refractivity contribution in [1.82, 2.24) is 4.98 Å². The Hall–Kier alpha value is -1.47. The van der Waals surface area contributed by atoms with Crippen LogP contribution in [0.25, 0.3) is 10.2 Å². The van der Waals surface area contributed by atoms with Crippen LogP contribution in [-0.4, -0.2) is 22.7 Å². The number of fused-ring (bicyclic) bond motifs is 1. The maximum Gasteiger partial charge on any atom is 0.237 e. The quantitative estimate of drug-likeness (QED) is 0.482. The third-order valence-corrected chi connectivity index (χ3v) is 6.26. The van der Waals surface area contributed by atoms with Crippen molar-refractivity contribution in [3.8, 4) is 5.75 Å². The van der Waals surface area contributed by atoms with E-state index in [9.17, 15) is 4.79 Å². The second-order valence-corrected chi connectivity index (χ2v) is 8.88. The van der Waals surface area contributed by atoms with Crippen molar-refractivity contribution in [1.29, 1.82) is 0 Å². The molecule has 4 nitrogen and oxygen atoms in total. The van der Waals surface area contributed by atoms with Gasteiger partial charge in [0.25, 0.3) is 0 Å². The molecule has 0 unspecified atom stereocenters. The van der Waals surface area contributed by atoms with Gasteiger partial charge < -0.3 is 10.1 Å². The van der Waals surface area contributed by atoms with E-state index in [-0.39, 0.29) is 11.2 Å². The zero-order valence-corrected chi connectivity index (χ0v) is 17.2. The molecule has 1 heterocycles. The summed E-state index contributed by atoms with van der Waals surface area (Å²) in [5.74, 6) is 0.662. The highest BCUT2D eigenvalue weighted by Gasteiger charge is 2.18. The van der Waals surface area contributed by atoms with E-state index >= 15 is 0 Å². The van der Waals surface area contributed by atoms with Crippen molar-refractivity contribution in [3.05, 3.63) is 46.4 Å². The van der Waals surface area contributed by atoms with Crippen LogP contribution in [0.15, 0.2) is 40.7 Å². The first kappa shape index (κ1) is 19.3. The number of nitrogens with one attached hydrogen (secondary N) is 1. The number of carbonyl (C=O) groups excluding carboxylic acids is 1. The predicted octanol–water partition coefficient (Wildman–Crippen LogP) is 6.12. The first-order chi connectivity index (χ1) is 12.5. The van der Waals surface area contributed by atoms with Crippen LogP contribution in [0.5, 0.6) is 5.75 Å². The highest BCUT2D eigenvalue weighted by atomic mass is 35.5. The lowest BCUT2D eigenvalue weighted by molar-refractivity contribution is -0.115. The van der Waals surface area contributed by atoms with Crippen molar-refractivity contribution < 1.29 is 9.53 Å². The molecule has 0 saturated heterocycles. The Morgan fingerprint density at radius 1 is 1.31 bits per heavy atom. The third-order valence-electron chi connectivity index (χ3n) is 3.48. The number of anilines is 1. The van der Waals surface area contributed by atoms with Gasteiger partial charge >= 0.3 is 0 Å². The average molecular weight is 427 g/mol. The van der Waals surface area contributed by atoms with Crippen molar-refractivity contribution in [3.63, 3.8) is 0 Å². The Morgan fingerprint density at radius 2 is 2.12 bits per heavy atom. The molecule has 136 valence electrons. The van der Waals surface area contributed by atoms with Gasteiger partial charge in [0.2, 0.25) is 5.91 Å². The van der Waals surface area contributed by atoms with E-state index in [0.717, 1.165) is 20.3 Å². The summed E-state index contributed by atoms with van der Waals surface area (Å²) in [7, 11) is 0. The number of thioether (sulfide) groups is 1. The van der Waals surface area contributed by atoms with Gasteiger partial charge in [0.05, 0.1) is 32.8 Å². The molecule has 26 heavy (non-hydrogen) atoms. The maximum atomic E-state index is 12.5. The highest BCUT2D eigenvalue weighted by molar-refractivity contribution is 8.02. The van der Waals surface area contributed by atoms with Crippen molar-refractivity contribution >= 4 is 68.1 Å². The second-order valence-electron chi connectivity index (χ2n) is 5.42. The van der Waals surface area contributed by atoms with Crippen LogP contribution in [0.1, 0.15) is 13.8 Å². The molecule has 8 heteroatoms. The molecule has 0 fully saturated rings. The standard InChI is InChI=1S/C18H16Cl2N2O2S2/c1-3-24-12-5-7-14-16(9-12)26-18(22-14)25-10(2)17(23)21-15-8-11(19)4-6-13(15)20/h4-10H,3H2,1-2H3,(H,21,23)/t10-/m0/s1. The molecule has 0 spiro atoms. The first-order valence-electron chi connectivity index (χ1n) is 7.92. The molecule has 0 aliphatic heterocycles. The number of carbonyl (C=O) groups is 1. The minimum atomic E-state index is -0.336. The molecule has 3 rings (SSSR count). The summed E-state index contributed by atoms with van der Waals surface area (Å²) in [4.78, 5) is 17.0. The molecule has 1 amide bonds. The smallest absolute Gasteiger partial charge is 0.237 e. The summed E-state index contributed by atoms with van der Waals surface area (Å²) < 4.78 is 7.37. The lowest BCUT2D eigenvalue weighted by atomic mass is 10.3. The molecule has 0 radical (unpaired) electrons. The number of hydrogen-bond acceptors (Lipinski definition) is 5. The summed E-state index contributed by atoms with van der Waals surface area (Å²) in [6.07, 6.45) is 0. The number of benzene rings is 2. The number of thiazole rings is 1. The number of rotatable bonds is 6. The Bertz CT molecular complexity index is 946. The Balaban J connectivity index is 1.70. The van der Waals surface area contributed by atoms with Crippen LogP contribution in [0, 0.1) is 0 Å². The van der Waals surface area contributed by atoms with E-state index in [0.29, 0.717) is 22.3 Å². The van der Waals surface area contributed by atoms with Crippen molar-refractivity contribution in [2.45, 2.75) is 23.4 Å². The van der Waals surface area contributed by atoms with E-state index in [2.05, 4.69) is 10.3 Å². The molecule has 1 aromatic heterocycles. The fourth-order valence-corrected chi connectivity index (χ4v) is 4.80. The highest BCUT2D eigenvalue weighted by Crippen LogP contribution is 2.34. The molecule has 0 bridgehead atoms. The van der Waals surface area contributed by atoms with Crippen molar-refractivity contribution in [2.24, 2.45) is 0 Å². The van der Waals surface area contributed by atoms with Gasteiger partial charge in [0.1, 0.15) is 5.75 Å². The number of halogens is 2. The van der Waals surface area contributed by atoms with Gasteiger partial charge in [-0.15, -0.1) is 11.3 Å². The van der Waals surface area contributed by atoms with Crippen molar-refractivity contribution in [2.75, 3.05) is 11.9 Å². The van der Waals surface area contributed by atoms with Crippen LogP contribution in [0.4, 0.5) is 5.69 Å². The van der Waals surface area contributed by atoms with Gasteiger partial charge in [0, 0.05) is 5.02 Å². The van der Waals surface area contributed by atoms with E-state index in [1.807, 2.05) is 32.0 Å². The molecule has 2 aromatic carbocycles. The van der Waals surface area contributed by atoms with Gasteiger partial charge in [-0.2, -0.15) is 0 Å². The fraction of sp³-hybridized carbons (Fsp3) is 0.222. The van der Waals surface area contributed by atoms with E-state index in [4.69, 9.17) is 27.9 Å². The molecule has 1 atom stereocenters. The largest absolute Gasteiger partial charge is 0.494 e. The van der Waals surface area contributed by atoms with Gasteiger partial charge in [-0.25, -0.2) is 4.98 Å². The van der Waals surface area contributed by atoms with Crippen LogP contribution in [0.2, 0.25) is 10.0 Å². The van der Waals surface area contributed by atoms with Crippen LogP contribution < -0.4 is 10.1 Å². The molecular formula is C18H16Cl2N2O2S2. The van der Waals surface area contributed by atoms with Gasteiger partial charge in [0.15, 0.2) is 4.34 Å². The van der Waals surface area contributed by atoms with Crippen LogP contribution in [0.3, 0.4) is 0 Å².